The summed E-state index contributed by atoms with van der Waals surface area (Å²) in [6.07, 6.45) is 5.53. The lowest BCUT2D eigenvalue weighted by molar-refractivity contribution is 0.532. The van der Waals surface area contributed by atoms with E-state index in [1.54, 1.807) is 12.4 Å². The van der Waals surface area contributed by atoms with E-state index in [1.165, 1.54) is 10.6 Å². The highest BCUT2D eigenvalue weighted by molar-refractivity contribution is 7.10. The van der Waals surface area contributed by atoms with Gasteiger partial charge >= 0.3 is 0 Å². The van der Waals surface area contributed by atoms with Crippen LogP contribution in [0.15, 0.2) is 48.2 Å². The first-order chi connectivity index (χ1) is 11.4. The third-order valence-electron chi connectivity index (χ3n) is 3.31. The van der Waals surface area contributed by atoms with Gasteiger partial charge in [0.05, 0.1) is 0 Å². The number of hydrogen-bond donors (Lipinski definition) is 1. The SMILES string of the molecule is C.C.C.CC(C)c1cccs1.CC(C)c1ccn[nH]1.CC(C)n1cccn1. The maximum absolute atomic E-state index is 4.03. The zero-order valence-electron chi connectivity index (χ0n) is 15.6. The molecular formula is C22H42N4S. The van der Waals surface area contributed by atoms with E-state index in [-0.39, 0.29) is 22.3 Å². The number of nitrogens with one attached hydrogen (secondary N) is 1. The van der Waals surface area contributed by atoms with Gasteiger partial charge in [0.2, 0.25) is 0 Å². The van der Waals surface area contributed by atoms with Crippen molar-refractivity contribution in [1.82, 2.24) is 20.0 Å². The van der Waals surface area contributed by atoms with Crippen molar-refractivity contribution < 1.29 is 0 Å². The van der Waals surface area contributed by atoms with Crippen LogP contribution in [0.2, 0.25) is 0 Å². The number of aromatic nitrogens is 4. The van der Waals surface area contributed by atoms with Crippen molar-refractivity contribution in [3.8, 4) is 0 Å². The first kappa shape index (κ1) is 29.9. The lowest BCUT2D eigenvalue weighted by Gasteiger charge is -2.01. The van der Waals surface area contributed by atoms with E-state index in [9.17, 15) is 0 Å². The highest BCUT2D eigenvalue weighted by Crippen LogP contribution is 2.18. The van der Waals surface area contributed by atoms with E-state index in [4.69, 9.17) is 0 Å². The molecule has 0 aliphatic carbocycles. The third-order valence-corrected chi connectivity index (χ3v) is 4.48. The van der Waals surface area contributed by atoms with Gasteiger partial charge in [0.1, 0.15) is 0 Å². The summed E-state index contributed by atoms with van der Waals surface area (Å²) >= 11 is 1.83. The molecule has 1 N–H and O–H groups in total. The Bertz CT molecular complexity index is 518. The van der Waals surface area contributed by atoms with Gasteiger partial charge < -0.3 is 0 Å². The molecule has 0 aromatic carbocycles. The second kappa shape index (κ2) is 16.3. The minimum Gasteiger partial charge on any atom is -0.282 e. The summed E-state index contributed by atoms with van der Waals surface area (Å²) in [5.74, 6) is 1.27. The van der Waals surface area contributed by atoms with E-state index in [0.29, 0.717) is 17.9 Å². The predicted molar refractivity (Wildman–Crippen MR) is 124 cm³/mol. The maximum Gasteiger partial charge on any atom is 0.0490 e. The molecule has 0 atom stereocenters. The Morgan fingerprint density at radius 1 is 0.889 bits per heavy atom. The lowest BCUT2D eigenvalue weighted by atomic mass is 10.1. The largest absolute Gasteiger partial charge is 0.282 e. The lowest BCUT2D eigenvalue weighted by Crippen LogP contribution is -1.99. The fourth-order valence-corrected chi connectivity index (χ4v) is 2.54. The summed E-state index contributed by atoms with van der Waals surface area (Å²) in [6.45, 7) is 12.9. The van der Waals surface area contributed by atoms with E-state index in [2.05, 4.69) is 74.4 Å². The molecule has 0 unspecified atom stereocenters. The molecule has 3 aromatic heterocycles. The van der Waals surface area contributed by atoms with Crippen LogP contribution in [0.25, 0.3) is 0 Å². The fourth-order valence-electron chi connectivity index (χ4n) is 1.79. The van der Waals surface area contributed by atoms with Crippen LogP contribution in [0.5, 0.6) is 0 Å². The van der Waals surface area contributed by atoms with Crippen LogP contribution >= 0.6 is 11.3 Å². The average molecular weight is 395 g/mol. The quantitative estimate of drug-likeness (QED) is 0.493. The maximum atomic E-state index is 4.03. The van der Waals surface area contributed by atoms with E-state index >= 15 is 0 Å². The van der Waals surface area contributed by atoms with Crippen LogP contribution in [-0.4, -0.2) is 20.0 Å². The van der Waals surface area contributed by atoms with Gasteiger partial charge in [-0.1, -0.05) is 56.0 Å². The Morgan fingerprint density at radius 3 is 1.78 bits per heavy atom. The topological polar surface area (TPSA) is 46.5 Å². The first-order valence-electron chi connectivity index (χ1n) is 8.43. The first-order valence-corrected chi connectivity index (χ1v) is 9.31. The fraction of sp³-hybridized carbons (Fsp3) is 0.545. The van der Waals surface area contributed by atoms with Gasteiger partial charge in [0.15, 0.2) is 0 Å². The Hall–Kier alpha value is -1.88. The van der Waals surface area contributed by atoms with E-state index in [0.717, 1.165) is 0 Å². The number of H-pyrrole nitrogens is 1. The molecule has 27 heavy (non-hydrogen) atoms. The summed E-state index contributed by atoms with van der Waals surface area (Å²) in [6, 6.07) is 8.69. The molecule has 0 saturated carbocycles. The Labute approximate surface area is 172 Å². The normalized spacial score (nSPS) is 9.22. The number of thiophene rings is 1. The highest BCUT2D eigenvalue weighted by Gasteiger charge is 1.96. The molecule has 0 amide bonds. The Balaban J connectivity index is -0.000000303. The molecule has 4 nitrogen and oxygen atoms in total. The molecule has 3 aromatic rings. The van der Waals surface area contributed by atoms with Crippen molar-refractivity contribution in [1.29, 1.82) is 0 Å². The Kier molecular flexibility index (Phi) is 18.0. The van der Waals surface area contributed by atoms with E-state index in [1.807, 2.05) is 34.3 Å². The van der Waals surface area contributed by atoms with Gasteiger partial charge in [-0.2, -0.15) is 10.2 Å². The molecule has 5 heteroatoms. The van der Waals surface area contributed by atoms with Crippen molar-refractivity contribution >= 4 is 11.3 Å². The standard InChI is InChI=1S/C7H10S.2C6H10N2.3CH4/c1-6(2)7-4-3-5-8-7;1-6(2)8-5-3-4-7-8;1-5(2)6-3-4-7-8-6;;;/h2*3-6H,1-2H3;3-5H,1-2H3,(H,7,8);3*1H4. The highest BCUT2D eigenvalue weighted by atomic mass is 32.1. The summed E-state index contributed by atoms with van der Waals surface area (Å²) in [4.78, 5) is 1.48. The monoisotopic (exact) mass is 394 g/mol. The summed E-state index contributed by atoms with van der Waals surface area (Å²) in [5, 5.41) is 12.9. The van der Waals surface area contributed by atoms with Crippen molar-refractivity contribution in [2.45, 2.75) is 81.7 Å². The van der Waals surface area contributed by atoms with Crippen LogP contribution in [0.4, 0.5) is 0 Å². The minimum atomic E-state index is 0. The second-order valence-corrected chi connectivity index (χ2v) is 7.40. The summed E-state index contributed by atoms with van der Waals surface area (Å²) in [7, 11) is 0. The number of aromatic amines is 1. The van der Waals surface area contributed by atoms with Crippen molar-refractivity contribution in [3.05, 3.63) is 58.8 Å². The van der Waals surface area contributed by atoms with Crippen LogP contribution in [-0.2, 0) is 0 Å². The molecule has 3 heterocycles. The smallest absolute Gasteiger partial charge is 0.0490 e. The minimum absolute atomic E-state index is 0. The molecular weight excluding hydrogens is 352 g/mol. The van der Waals surface area contributed by atoms with Crippen LogP contribution < -0.4 is 0 Å². The zero-order valence-corrected chi connectivity index (χ0v) is 16.4. The third kappa shape index (κ3) is 12.2. The predicted octanol–water partition coefficient (Wildman–Crippen LogP) is 7.78. The van der Waals surface area contributed by atoms with Crippen LogP contribution in [0.1, 0.15) is 92.3 Å². The molecule has 0 aliphatic heterocycles. The number of hydrogen-bond acceptors (Lipinski definition) is 3. The number of nitrogens with zero attached hydrogens (tertiary/aromatic N) is 3. The van der Waals surface area contributed by atoms with Gasteiger partial charge in [-0.15, -0.1) is 11.3 Å². The molecule has 0 bridgehead atoms. The average Bonchev–Trinajstić information content (AvgIpc) is 3.29. The molecule has 3 rings (SSSR count). The van der Waals surface area contributed by atoms with Gasteiger partial charge in [-0.3, -0.25) is 9.78 Å². The van der Waals surface area contributed by atoms with Crippen molar-refractivity contribution in [2.75, 3.05) is 0 Å². The molecule has 156 valence electrons. The summed E-state index contributed by atoms with van der Waals surface area (Å²) < 4.78 is 1.92. The summed E-state index contributed by atoms with van der Waals surface area (Å²) in [5.41, 5.74) is 1.20. The van der Waals surface area contributed by atoms with Crippen LogP contribution in [0, 0.1) is 0 Å². The van der Waals surface area contributed by atoms with Crippen LogP contribution in [0.3, 0.4) is 0 Å². The van der Waals surface area contributed by atoms with Crippen molar-refractivity contribution in [2.24, 2.45) is 0 Å². The molecule has 0 saturated heterocycles. The van der Waals surface area contributed by atoms with Gasteiger partial charge in [-0.05, 0) is 49.3 Å². The van der Waals surface area contributed by atoms with Gasteiger partial charge in [0, 0.05) is 35.2 Å². The molecule has 0 spiro atoms. The van der Waals surface area contributed by atoms with Crippen molar-refractivity contribution in [3.63, 3.8) is 0 Å². The zero-order chi connectivity index (χ0) is 17.9. The van der Waals surface area contributed by atoms with Gasteiger partial charge in [-0.25, -0.2) is 0 Å². The second-order valence-electron chi connectivity index (χ2n) is 6.42. The van der Waals surface area contributed by atoms with E-state index < -0.39 is 0 Å². The molecule has 0 radical (unpaired) electrons. The Morgan fingerprint density at radius 2 is 1.56 bits per heavy atom. The van der Waals surface area contributed by atoms with Gasteiger partial charge in [0.25, 0.3) is 0 Å². The molecule has 0 aliphatic rings. The molecule has 0 fully saturated rings. The number of rotatable bonds is 3.